The average Bonchev–Trinajstić information content (AvgIpc) is 2.54. The van der Waals surface area contributed by atoms with Gasteiger partial charge in [-0.15, -0.1) is 0 Å². The Morgan fingerprint density at radius 1 is 1.05 bits per heavy atom. The third-order valence-electron chi connectivity index (χ3n) is 3.22. The third-order valence-corrected chi connectivity index (χ3v) is 3.46. The number of benzene rings is 2. The van der Waals surface area contributed by atoms with Crippen molar-refractivity contribution in [3.63, 3.8) is 0 Å². The highest BCUT2D eigenvalue weighted by Crippen LogP contribution is 2.31. The number of methoxy groups -OCH3 is 2. The molecule has 0 saturated carbocycles. The molecule has 0 spiro atoms. The van der Waals surface area contributed by atoms with Gasteiger partial charge in [0.25, 0.3) is 0 Å². The summed E-state index contributed by atoms with van der Waals surface area (Å²) in [6.45, 7) is 0. The van der Waals surface area contributed by atoms with E-state index in [2.05, 4.69) is 4.98 Å². The standard InChI is InChI=1S/C16H12ClNO4/c1-20-13-6-3-9(7-14(13)21-2)15-18-12-5-4-10(17)8-11(12)16(19)22-15/h3-8H,1-2H3. The molecule has 22 heavy (non-hydrogen) atoms. The number of halogens is 1. The zero-order valence-electron chi connectivity index (χ0n) is 11.9. The predicted molar refractivity (Wildman–Crippen MR) is 83.8 cm³/mol. The Hall–Kier alpha value is -2.53. The van der Waals surface area contributed by atoms with Gasteiger partial charge in [-0.05, 0) is 36.4 Å². The van der Waals surface area contributed by atoms with Crippen LogP contribution in [0.15, 0.2) is 45.6 Å². The van der Waals surface area contributed by atoms with E-state index in [0.717, 1.165) is 0 Å². The largest absolute Gasteiger partial charge is 0.493 e. The smallest absolute Gasteiger partial charge is 0.347 e. The van der Waals surface area contributed by atoms with Gasteiger partial charge in [0.2, 0.25) is 5.89 Å². The van der Waals surface area contributed by atoms with E-state index in [1.54, 1.807) is 37.4 Å². The number of fused-ring (bicyclic) bond motifs is 1. The van der Waals surface area contributed by atoms with Crippen LogP contribution in [0.2, 0.25) is 5.02 Å². The van der Waals surface area contributed by atoms with Gasteiger partial charge < -0.3 is 13.9 Å². The van der Waals surface area contributed by atoms with Crippen LogP contribution in [0.4, 0.5) is 0 Å². The van der Waals surface area contributed by atoms with Gasteiger partial charge in [-0.25, -0.2) is 9.78 Å². The van der Waals surface area contributed by atoms with Crippen LogP contribution in [0, 0.1) is 0 Å². The molecule has 0 bridgehead atoms. The Labute approximate surface area is 131 Å². The van der Waals surface area contributed by atoms with E-state index in [-0.39, 0.29) is 5.89 Å². The summed E-state index contributed by atoms with van der Waals surface area (Å²) >= 11 is 5.88. The quantitative estimate of drug-likeness (QED) is 0.739. The van der Waals surface area contributed by atoms with Gasteiger partial charge in [-0.1, -0.05) is 11.6 Å². The van der Waals surface area contributed by atoms with Gasteiger partial charge in [-0.2, -0.15) is 0 Å². The van der Waals surface area contributed by atoms with E-state index < -0.39 is 5.63 Å². The minimum Gasteiger partial charge on any atom is -0.493 e. The molecular weight excluding hydrogens is 306 g/mol. The second kappa shape index (κ2) is 5.69. The fourth-order valence-electron chi connectivity index (χ4n) is 2.14. The van der Waals surface area contributed by atoms with Crippen LogP contribution >= 0.6 is 11.6 Å². The second-order valence-electron chi connectivity index (χ2n) is 4.54. The SMILES string of the molecule is COc1ccc(-c2nc3ccc(Cl)cc3c(=O)o2)cc1OC. The summed E-state index contributed by atoms with van der Waals surface area (Å²) in [4.78, 5) is 16.4. The Morgan fingerprint density at radius 3 is 2.55 bits per heavy atom. The van der Waals surface area contributed by atoms with E-state index in [9.17, 15) is 4.79 Å². The third kappa shape index (κ3) is 2.51. The molecule has 1 heterocycles. The molecule has 0 saturated heterocycles. The van der Waals surface area contributed by atoms with E-state index in [4.69, 9.17) is 25.5 Å². The highest BCUT2D eigenvalue weighted by molar-refractivity contribution is 6.31. The first-order valence-corrected chi connectivity index (χ1v) is 6.83. The van der Waals surface area contributed by atoms with E-state index in [0.29, 0.717) is 33.0 Å². The van der Waals surface area contributed by atoms with Gasteiger partial charge >= 0.3 is 5.63 Å². The van der Waals surface area contributed by atoms with Crippen molar-refractivity contribution in [1.29, 1.82) is 0 Å². The van der Waals surface area contributed by atoms with Gasteiger partial charge in [0.05, 0.1) is 25.1 Å². The van der Waals surface area contributed by atoms with E-state index >= 15 is 0 Å². The monoisotopic (exact) mass is 317 g/mol. The molecule has 5 nitrogen and oxygen atoms in total. The fraction of sp³-hybridized carbons (Fsp3) is 0.125. The molecule has 2 aromatic carbocycles. The molecule has 6 heteroatoms. The Balaban J connectivity index is 2.18. The van der Waals surface area contributed by atoms with Crippen LogP contribution in [0.5, 0.6) is 11.5 Å². The molecule has 0 aliphatic rings. The van der Waals surface area contributed by atoms with Crippen LogP contribution in [-0.4, -0.2) is 19.2 Å². The minimum atomic E-state index is -0.489. The predicted octanol–water partition coefficient (Wildman–Crippen LogP) is 3.53. The zero-order chi connectivity index (χ0) is 15.7. The summed E-state index contributed by atoms with van der Waals surface area (Å²) in [6, 6.07) is 10.1. The van der Waals surface area contributed by atoms with Gasteiger partial charge in [0.1, 0.15) is 0 Å². The van der Waals surface area contributed by atoms with Crippen molar-refractivity contribution in [3.05, 3.63) is 51.8 Å². The van der Waals surface area contributed by atoms with E-state index in [1.165, 1.54) is 13.2 Å². The summed E-state index contributed by atoms with van der Waals surface area (Å²) in [5, 5.41) is 0.803. The van der Waals surface area contributed by atoms with Gasteiger partial charge in [0, 0.05) is 10.6 Å². The number of hydrogen-bond donors (Lipinski definition) is 0. The Bertz CT molecular complexity index is 904. The van der Waals surface area contributed by atoms with Crippen molar-refractivity contribution in [2.75, 3.05) is 14.2 Å². The lowest BCUT2D eigenvalue weighted by Gasteiger charge is -2.08. The molecule has 0 amide bonds. The summed E-state index contributed by atoms with van der Waals surface area (Å²) in [5.41, 5.74) is 0.648. The van der Waals surface area contributed by atoms with Crippen molar-refractivity contribution in [2.45, 2.75) is 0 Å². The van der Waals surface area contributed by atoms with Gasteiger partial charge in [0.15, 0.2) is 11.5 Å². The Kier molecular flexibility index (Phi) is 3.73. The van der Waals surface area contributed by atoms with Crippen molar-refractivity contribution in [2.24, 2.45) is 0 Å². The molecule has 0 atom stereocenters. The maximum atomic E-state index is 12.1. The number of aromatic nitrogens is 1. The molecule has 112 valence electrons. The molecule has 0 aliphatic heterocycles. The maximum Gasteiger partial charge on any atom is 0.347 e. The molecule has 0 N–H and O–H groups in total. The molecule has 0 aliphatic carbocycles. The number of rotatable bonds is 3. The zero-order valence-corrected chi connectivity index (χ0v) is 12.7. The normalized spacial score (nSPS) is 10.7. The lowest BCUT2D eigenvalue weighted by molar-refractivity contribution is 0.355. The molecule has 1 aromatic heterocycles. The Morgan fingerprint density at radius 2 is 1.82 bits per heavy atom. The molecule has 0 unspecified atom stereocenters. The fourth-order valence-corrected chi connectivity index (χ4v) is 2.31. The molecule has 0 fully saturated rings. The van der Waals surface area contributed by atoms with Crippen LogP contribution < -0.4 is 15.1 Å². The minimum absolute atomic E-state index is 0.209. The number of hydrogen-bond acceptors (Lipinski definition) is 5. The summed E-state index contributed by atoms with van der Waals surface area (Å²) < 4.78 is 15.7. The average molecular weight is 318 g/mol. The highest BCUT2D eigenvalue weighted by atomic mass is 35.5. The first-order valence-electron chi connectivity index (χ1n) is 6.45. The molecule has 3 aromatic rings. The van der Waals surface area contributed by atoms with Crippen molar-refractivity contribution in [1.82, 2.24) is 4.98 Å². The van der Waals surface area contributed by atoms with Crippen LogP contribution in [0.3, 0.4) is 0 Å². The van der Waals surface area contributed by atoms with E-state index in [1.807, 2.05) is 0 Å². The second-order valence-corrected chi connectivity index (χ2v) is 4.97. The molecular formula is C16H12ClNO4. The lowest BCUT2D eigenvalue weighted by atomic mass is 10.2. The topological polar surface area (TPSA) is 61.6 Å². The maximum absolute atomic E-state index is 12.1. The first kappa shape index (κ1) is 14.4. The lowest BCUT2D eigenvalue weighted by Crippen LogP contribution is -2.03. The van der Waals surface area contributed by atoms with Crippen molar-refractivity contribution in [3.8, 4) is 23.0 Å². The summed E-state index contributed by atoms with van der Waals surface area (Å²) in [6.07, 6.45) is 0. The number of nitrogens with zero attached hydrogens (tertiary/aromatic N) is 1. The molecule has 0 radical (unpaired) electrons. The summed E-state index contributed by atoms with van der Waals surface area (Å²) in [7, 11) is 3.09. The highest BCUT2D eigenvalue weighted by Gasteiger charge is 2.12. The molecule has 3 rings (SSSR count). The van der Waals surface area contributed by atoms with Gasteiger partial charge in [-0.3, -0.25) is 0 Å². The van der Waals surface area contributed by atoms with Crippen LogP contribution in [-0.2, 0) is 0 Å². The first-order chi connectivity index (χ1) is 10.6. The van der Waals surface area contributed by atoms with Crippen LogP contribution in [0.1, 0.15) is 0 Å². The summed E-state index contributed by atoms with van der Waals surface area (Å²) in [5.74, 6) is 1.32. The van der Waals surface area contributed by atoms with Crippen molar-refractivity contribution >= 4 is 22.5 Å². The number of ether oxygens (including phenoxy) is 2. The van der Waals surface area contributed by atoms with Crippen LogP contribution in [0.25, 0.3) is 22.4 Å². The van der Waals surface area contributed by atoms with Crippen molar-refractivity contribution < 1.29 is 13.9 Å².